The number of halogens is 2. The summed E-state index contributed by atoms with van der Waals surface area (Å²) in [5.74, 6) is -0.653. The topological polar surface area (TPSA) is 67.2 Å². The van der Waals surface area contributed by atoms with Crippen molar-refractivity contribution in [1.29, 1.82) is 0 Å². The maximum absolute atomic E-state index is 12.4. The predicted molar refractivity (Wildman–Crippen MR) is 54.5 cm³/mol. The Labute approximate surface area is 87.1 Å². The van der Waals surface area contributed by atoms with E-state index in [1.165, 1.54) is 24.3 Å². The van der Waals surface area contributed by atoms with Crippen LogP contribution in [0.15, 0.2) is 24.3 Å². The Morgan fingerprint density at radius 1 is 1.36 bits per heavy atom. The molecular formula is C8H11ClFN3O. The summed E-state index contributed by atoms with van der Waals surface area (Å²) in [4.78, 5) is 10.7. The first-order valence-corrected chi connectivity index (χ1v) is 3.73. The zero-order valence-electron chi connectivity index (χ0n) is 7.29. The van der Waals surface area contributed by atoms with Crippen LogP contribution in [0.3, 0.4) is 0 Å². The van der Waals surface area contributed by atoms with Crippen molar-refractivity contribution < 1.29 is 9.18 Å². The Balaban J connectivity index is 0.00000169. The smallest absolute Gasteiger partial charge is 0.252 e. The molecule has 0 saturated carbocycles. The molecule has 1 aromatic rings. The molecule has 0 spiro atoms. The van der Waals surface area contributed by atoms with Gasteiger partial charge in [0, 0.05) is 0 Å². The minimum absolute atomic E-state index is 0. The average molecular weight is 220 g/mol. The molecule has 0 fully saturated rings. The summed E-state index contributed by atoms with van der Waals surface area (Å²) in [6, 6.07) is 5.59. The Bertz CT molecular complexity index is 291. The highest BCUT2D eigenvalue weighted by molar-refractivity contribution is 5.85. The van der Waals surface area contributed by atoms with Crippen molar-refractivity contribution in [2.75, 3.05) is 12.0 Å². The summed E-state index contributed by atoms with van der Waals surface area (Å²) >= 11 is 0. The monoisotopic (exact) mass is 219 g/mol. The van der Waals surface area contributed by atoms with E-state index in [9.17, 15) is 9.18 Å². The predicted octanol–water partition coefficient (Wildman–Crippen LogP) is 0.649. The van der Waals surface area contributed by atoms with Crippen LogP contribution in [-0.4, -0.2) is 12.5 Å². The summed E-state index contributed by atoms with van der Waals surface area (Å²) in [7, 11) is 0. The van der Waals surface area contributed by atoms with Crippen molar-refractivity contribution in [2.45, 2.75) is 0 Å². The van der Waals surface area contributed by atoms with Gasteiger partial charge >= 0.3 is 0 Å². The van der Waals surface area contributed by atoms with E-state index in [1.807, 2.05) is 0 Å². The van der Waals surface area contributed by atoms with E-state index in [2.05, 4.69) is 10.9 Å². The van der Waals surface area contributed by atoms with Crippen molar-refractivity contribution >= 4 is 24.0 Å². The van der Waals surface area contributed by atoms with Crippen LogP contribution >= 0.6 is 12.4 Å². The molecule has 0 heterocycles. The van der Waals surface area contributed by atoms with Gasteiger partial charge in [-0.3, -0.25) is 15.6 Å². The molecule has 0 atom stereocenters. The molecule has 4 N–H and O–H groups in total. The summed E-state index contributed by atoms with van der Waals surface area (Å²) < 4.78 is 12.4. The fourth-order valence-corrected chi connectivity index (χ4v) is 0.726. The van der Waals surface area contributed by atoms with Crippen molar-refractivity contribution in [3.8, 4) is 0 Å². The summed E-state index contributed by atoms with van der Waals surface area (Å²) in [5.41, 5.74) is 10.6. The molecule has 0 aliphatic carbocycles. The van der Waals surface area contributed by atoms with Gasteiger partial charge in [0.05, 0.1) is 12.2 Å². The van der Waals surface area contributed by atoms with Gasteiger partial charge in [-0.2, -0.15) is 0 Å². The van der Waals surface area contributed by atoms with Crippen LogP contribution in [0.1, 0.15) is 0 Å². The number of carbonyl (C=O) groups excluding carboxylic acids is 1. The number of nitrogens with one attached hydrogen (secondary N) is 2. The van der Waals surface area contributed by atoms with Crippen LogP contribution in [0.2, 0.25) is 0 Å². The van der Waals surface area contributed by atoms with Crippen LogP contribution in [0.5, 0.6) is 0 Å². The summed E-state index contributed by atoms with van der Waals surface area (Å²) in [6.45, 7) is -0.0891. The van der Waals surface area contributed by atoms with Gasteiger partial charge in [0.2, 0.25) is 0 Å². The fraction of sp³-hybridized carbons (Fsp3) is 0.125. The van der Waals surface area contributed by atoms with E-state index in [1.54, 1.807) is 0 Å². The van der Waals surface area contributed by atoms with E-state index in [-0.39, 0.29) is 30.7 Å². The standard InChI is InChI=1S/C8H10FN3O.ClH/c9-6-1-3-7(4-2-6)11-12-8(13)5-10;/h1-4,11H,5,10H2,(H,12,13);1H. The molecule has 14 heavy (non-hydrogen) atoms. The number of nitrogens with two attached hydrogens (primary N) is 1. The van der Waals surface area contributed by atoms with Crippen molar-refractivity contribution in [2.24, 2.45) is 5.73 Å². The maximum atomic E-state index is 12.4. The lowest BCUT2D eigenvalue weighted by atomic mass is 10.3. The SMILES string of the molecule is Cl.NCC(=O)NNc1ccc(F)cc1. The van der Waals surface area contributed by atoms with Gasteiger partial charge in [0.1, 0.15) is 5.82 Å². The molecule has 1 amide bonds. The van der Waals surface area contributed by atoms with E-state index in [4.69, 9.17) is 5.73 Å². The number of hydrogen-bond donors (Lipinski definition) is 3. The van der Waals surface area contributed by atoms with E-state index in [0.717, 1.165) is 0 Å². The normalized spacial score (nSPS) is 8.71. The Morgan fingerprint density at radius 3 is 2.43 bits per heavy atom. The first-order chi connectivity index (χ1) is 6.22. The highest BCUT2D eigenvalue weighted by atomic mass is 35.5. The number of carbonyl (C=O) groups is 1. The van der Waals surface area contributed by atoms with Gasteiger partial charge < -0.3 is 5.73 Å². The molecule has 78 valence electrons. The van der Waals surface area contributed by atoms with Gasteiger partial charge in [0.25, 0.3) is 5.91 Å². The van der Waals surface area contributed by atoms with Crippen molar-refractivity contribution in [3.63, 3.8) is 0 Å². The molecule has 0 bridgehead atoms. The lowest BCUT2D eigenvalue weighted by Crippen LogP contribution is -2.34. The van der Waals surface area contributed by atoms with Crippen molar-refractivity contribution in [3.05, 3.63) is 30.1 Å². The van der Waals surface area contributed by atoms with Gasteiger partial charge in [-0.15, -0.1) is 12.4 Å². The summed E-state index contributed by atoms with van der Waals surface area (Å²) in [5, 5.41) is 0. The minimum Gasteiger partial charge on any atom is -0.322 e. The van der Waals surface area contributed by atoms with Crippen LogP contribution < -0.4 is 16.6 Å². The number of hydrazine groups is 1. The molecule has 1 aromatic carbocycles. The van der Waals surface area contributed by atoms with Crippen molar-refractivity contribution in [1.82, 2.24) is 5.43 Å². The van der Waals surface area contributed by atoms with Gasteiger partial charge in [-0.1, -0.05) is 0 Å². The summed E-state index contributed by atoms with van der Waals surface area (Å²) in [6.07, 6.45) is 0. The molecule has 1 rings (SSSR count). The Morgan fingerprint density at radius 2 is 1.93 bits per heavy atom. The highest BCUT2D eigenvalue weighted by Gasteiger charge is 1.95. The molecule has 0 aliphatic heterocycles. The first-order valence-electron chi connectivity index (χ1n) is 3.73. The quantitative estimate of drug-likeness (QED) is 0.654. The van der Waals surface area contributed by atoms with Crippen LogP contribution in [-0.2, 0) is 4.79 Å². The highest BCUT2D eigenvalue weighted by Crippen LogP contribution is 2.06. The lowest BCUT2D eigenvalue weighted by molar-refractivity contribution is -0.119. The second-order valence-corrected chi connectivity index (χ2v) is 2.38. The zero-order chi connectivity index (χ0) is 9.68. The first kappa shape index (κ1) is 12.7. The maximum Gasteiger partial charge on any atom is 0.252 e. The zero-order valence-corrected chi connectivity index (χ0v) is 8.10. The number of anilines is 1. The largest absolute Gasteiger partial charge is 0.322 e. The number of benzene rings is 1. The van der Waals surface area contributed by atoms with Gasteiger partial charge in [-0.05, 0) is 24.3 Å². The van der Waals surface area contributed by atoms with Gasteiger partial charge in [0.15, 0.2) is 0 Å². The fourth-order valence-electron chi connectivity index (χ4n) is 0.726. The molecular weight excluding hydrogens is 209 g/mol. The lowest BCUT2D eigenvalue weighted by Gasteiger charge is -2.06. The second kappa shape index (κ2) is 6.17. The van der Waals surface area contributed by atoms with Gasteiger partial charge in [-0.25, -0.2) is 4.39 Å². The minimum atomic E-state index is -0.329. The molecule has 0 unspecified atom stereocenters. The Kier molecular flexibility index (Phi) is 5.59. The molecule has 4 nitrogen and oxygen atoms in total. The third kappa shape index (κ3) is 4.06. The van der Waals surface area contributed by atoms with E-state index < -0.39 is 0 Å². The molecule has 6 heteroatoms. The molecule has 0 radical (unpaired) electrons. The number of hydrogen-bond acceptors (Lipinski definition) is 3. The molecule has 0 aromatic heterocycles. The number of rotatable bonds is 3. The third-order valence-corrected chi connectivity index (χ3v) is 1.38. The molecule has 0 aliphatic rings. The van der Waals surface area contributed by atoms with Crippen LogP contribution in [0, 0.1) is 5.82 Å². The van der Waals surface area contributed by atoms with Crippen LogP contribution in [0.4, 0.5) is 10.1 Å². The van der Waals surface area contributed by atoms with Crippen LogP contribution in [0.25, 0.3) is 0 Å². The second-order valence-electron chi connectivity index (χ2n) is 2.38. The third-order valence-electron chi connectivity index (χ3n) is 1.38. The average Bonchev–Trinajstić information content (AvgIpc) is 2.16. The number of amides is 1. The Hall–Kier alpha value is -1.33. The van der Waals surface area contributed by atoms with E-state index >= 15 is 0 Å². The molecule has 0 saturated heterocycles. The van der Waals surface area contributed by atoms with E-state index in [0.29, 0.717) is 5.69 Å².